The van der Waals surface area contributed by atoms with Crippen LogP contribution in [0, 0.1) is 0 Å². The number of hydrogen-bond acceptors (Lipinski definition) is 5. The number of benzene rings is 1. The maximum absolute atomic E-state index is 10.1. The average Bonchev–Trinajstić information content (AvgIpc) is 2.96. The Kier molecular flexibility index (Phi) is 4.02. The fourth-order valence-corrected chi connectivity index (χ4v) is 2.07. The van der Waals surface area contributed by atoms with Crippen molar-refractivity contribution in [1.29, 1.82) is 0 Å². The van der Waals surface area contributed by atoms with Crippen LogP contribution in [0.5, 0.6) is 0 Å². The summed E-state index contributed by atoms with van der Waals surface area (Å²) in [6.45, 7) is 0. The second-order valence-corrected chi connectivity index (χ2v) is 4.73. The summed E-state index contributed by atoms with van der Waals surface area (Å²) in [7, 11) is 0. The van der Waals surface area contributed by atoms with Gasteiger partial charge in [0, 0.05) is 11.9 Å². The lowest BCUT2D eigenvalue weighted by molar-refractivity contribution is 0.164. The summed E-state index contributed by atoms with van der Waals surface area (Å²) in [4.78, 5) is 8.51. The molecule has 0 aliphatic carbocycles. The zero-order valence-corrected chi connectivity index (χ0v) is 11.4. The molecule has 0 saturated carbocycles. The maximum Gasteiger partial charge on any atom is 0.229 e. The normalized spacial score (nSPS) is 12.2. The first-order chi connectivity index (χ1) is 10.3. The highest BCUT2D eigenvalue weighted by Gasteiger charge is 2.14. The Morgan fingerprint density at radius 2 is 1.86 bits per heavy atom. The maximum atomic E-state index is 10.1. The van der Waals surface area contributed by atoms with Crippen LogP contribution in [0.1, 0.15) is 29.1 Å². The molecule has 0 fully saturated rings. The van der Waals surface area contributed by atoms with Crippen molar-refractivity contribution in [2.45, 2.75) is 18.9 Å². The minimum absolute atomic E-state index is 0.305. The molecular weight excluding hydrogens is 266 g/mol. The Morgan fingerprint density at radius 1 is 1.05 bits per heavy atom. The van der Waals surface area contributed by atoms with Crippen molar-refractivity contribution in [2.75, 3.05) is 0 Å². The van der Waals surface area contributed by atoms with E-state index in [0.717, 1.165) is 11.3 Å². The van der Waals surface area contributed by atoms with Gasteiger partial charge in [-0.1, -0.05) is 41.6 Å². The summed E-state index contributed by atoms with van der Waals surface area (Å²) in [5.74, 6) is 1.00. The van der Waals surface area contributed by atoms with Crippen molar-refractivity contribution >= 4 is 0 Å². The number of pyridine rings is 1. The van der Waals surface area contributed by atoms with E-state index in [1.807, 2.05) is 48.5 Å². The summed E-state index contributed by atoms with van der Waals surface area (Å²) in [5.41, 5.74) is 1.72. The molecule has 0 spiro atoms. The fraction of sp³-hybridized carbons (Fsp3) is 0.188. The minimum atomic E-state index is -0.644. The molecule has 2 aromatic heterocycles. The summed E-state index contributed by atoms with van der Waals surface area (Å²) in [5, 5.41) is 14.1. The van der Waals surface area contributed by atoms with Crippen LogP contribution < -0.4 is 0 Å². The van der Waals surface area contributed by atoms with E-state index in [1.54, 1.807) is 6.20 Å². The molecule has 1 unspecified atom stereocenters. The van der Waals surface area contributed by atoms with Crippen molar-refractivity contribution in [2.24, 2.45) is 0 Å². The molecular formula is C16H15N3O2. The summed E-state index contributed by atoms with van der Waals surface area (Å²) in [6.07, 6.45) is 1.91. The van der Waals surface area contributed by atoms with Crippen molar-refractivity contribution in [3.8, 4) is 0 Å². The quantitative estimate of drug-likeness (QED) is 0.777. The molecule has 106 valence electrons. The molecule has 1 atom stereocenters. The lowest BCUT2D eigenvalue weighted by Crippen LogP contribution is -2.02. The molecule has 21 heavy (non-hydrogen) atoms. The number of aliphatic hydroxyl groups excluding tert-OH is 1. The summed E-state index contributed by atoms with van der Waals surface area (Å²) in [6, 6.07) is 15.1. The second-order valence-electron chi connectivity index (χ2n) is 4.73. The Labute approximate surface area is 122 Å². The van der Waals surface area contributed by atoms with E-state index in [-0.39, 0.29) is 0 Å². The lowest BCUT2D eigenvalue weighted by Gasteiger charge is -2.07. The van der Waals surface area contributed by atoms with E-state index in [4.69, 9.17) is 4.52 Å². The lowest BCUT2D eigenvalue weighted by atomic mass is 10.1. The molecule has 0 radical (unpaired) electrons. The van der Waals surface area contributed by atoms with Crippen molar-refractivity contribution in [3.05, 3.63) is 77.7 Å². The van der Waals surface area contributed by atoms with Crippen molar-refractivity contribution in [1.82, 2.24) is 15.1 Å². The SMILES string of the molecule is OC(Cc1nc(Cc2ccccn2)no1)c1ccccc1. The number of nitrogens with zero attached hydrogens (tertiary/aromatic N) is 3. The first kappa shape index (κ1) is 13.5. The third-order valence-electron chi connectivity index (χ3n) is 3.13. The predicted molar refractivity (Wildman–Crippen MR) is 76.4 cm³/mol. The van der Waals surface area contributed by atoms with Crippen LogP contribution in [0.2, 0.25) is 0 Å². The molecule has 0 aliphatic rings. The number of aliphatic hydroxyl groups is 1. The summed E-state index contributed by atoms with van der Waals surface area (Å²) >= 11 is 0. The van der Waals surface area contributed by atoms with Gasteiger partial charge in [0.05, 0.1) is 18.9 Å². The number of hydrogen-bond donors (Lipinski definition) is 1. The van der Waals surface area contributed by atoms with Gasteiger partial charge in [0.2, 0.25) is 5.89 Å². The molecule has 1 N–H and O–H groups in total. The molecule has 0 saturated heterocycles. The van der Waals surface area contributed by atoms with Crippen LogP contribution in [0.25, 0.3) is 0 Å². The first-order valence-electron chi connectivity index (χ1n) is 6.75. The molecule has 2 heterocycles. The van der Waals surface area contributed by atoms with Crippen molar-refractivity contribution in [3.63, 3.8) is 0 Å². The predicted octanol–water partition coefficient (Wildman–Crippen LogP) is 2.33. The third kappa shape index (κ3) is 3.52. The van der Waals surface area contributed by atoms with Crippen LogP contribution in [0.3, 0.4) is 0 Å². The van der Waals surface area contributed by atoms with E-state index < -0.39 is 6.10 Å². The number of rotatable bonds is 5. The monoisotopic (exact) mass is 281 g/mol. The molecule has 0 bridgehead atoms. The van der Waals surface area contributed by atoms with Crippen LogP contribution in [0.15, 0.2) is 59.3 Å². The largest absolute Gasteiger partial charge is 0.388 e. The van der Waals surface area contributed by atoms with Gasteiger partial charge in [-0.2, -0.15) is 4.98 Å². The van der Waals surface area contributed by atoms with Crippen molar-refractivity contribution < 1.29 is 9.63 Å². The van der Waals surface area contributed by atoms with Gasteiger partial charge in [0.15, 0.2) is 5.82 Å². The highest BCUT2D eigenvalue weighted by molar-refractivity contribution is 5.18. The summed E-state index contributed by atoms with van der Waals surface area (Å²) < 4.78 is 5.18. The Hall–Kier alpha value is -2.53. The van der Waals surface area contributed by atoms with Gasteiger partial charge < -0.3 is 9.63 Å². The highest BCUT2D eigenvalue weighted by atomic mass is 16.5. The van der Waals surface area contributed by atoms with E-state index in [2.05, 4.69) is 15.1 Å². The average molecular weight is 281 g/mol. The van der Waals surface area contributed by atoms with E-state index in [9.17, 15) is 5.11 Å². The van der Waals surface area contributed by atoms with Gasteiger partial charge in [-0.05, 0) is 17.7 Å². The van der Waals surface area contributed by atoms with Crippen LogP contribution in [0.4, 0.5) is 0 Å². The molecule has 0 amide bonds. The minimum Gasteiger partial charge on any atom is -0.388 e. The zero-order chi connectivity index (χ0) is 14.5. The van der Waals surface area contributed by atoms with E-state index >= 15 is 0 Å². The van der Waals surface area contributed by atoms with Crippen LogP contribution >= 0.6 is 0 Å². The van der Waals surface area contributed by atoms with E-state index in [1.165, 1.54) is 0 Å². The smallest absolute Gasteiger partial charge is 0.229 e. The Morgan fingerprint density at radius 3 is 2.62 bits per heavy atom. The van der Waals surface area contributed by atoms with Gasteiger partial charge in [-0.25, -0.2) is 0 Å². The van der Waals surface area contributed by atoms with Gasteiger partial charge in [-0.3, -0.25) is 4.98 Å². The van der Waals surface area contributed by atoms with Gasteiger partial charge in [0.1, 0.15) is 0 Å². The zero-order valence-electron chi connectivity index (χ0n) is 11.4. The van der Waals surface area contributed by atoms with Crippen LogP contribution in [-0.2, 0) is 12.8 Å². The number of aromatic nitrogens is 3. The molecule has 5 heteroatoms. The molecule has 0 aliphatic heterocycles. The highest BCUT2D eigenvalue weighted by Crippen LogP contribution is 2.17. The van der Waals surface area contributed by atoms with Gasteiger partial charge in [0.25, 0.3) is 0 Å². The van der Waals surface area contributed by atoms with E-state index in [0.29, 0.717) is 24.6 Å². The molecule has 3 aromatic rings. The molecule has 5 nitrogen and oxygen atoms in total. The Balaban J connectivity index is 1.65. The fourth-order valence-electron chi connectivity index (χ4n) is 2.07. The topological polar surface area (TPSA) is 72.0 Å². The molecule has 3 rings (SSSR count). The van der Waals surface area contributed by atoms with Gasteiger partial charge in [-0.15, -0.1) is 0 Å². The standard InChI is InChI=1S/C16H15N3O2/c20-14(12-6-2-1-3-7-12)11-16-18-15(19-21-16)10-13-8-4-5-9-17-13/h1-9,14,20H,10-11H2. The molecule has 1 aromatic carbocycles. The first-order valence-corrected chi connectivity index (χ1v) is 6.75. The second kappa shape index (κ2) is 6.28. The Bertz CT molecular complexity index is 683. The van der Waals surface area contributed by atoms with Gasteiger partial charge >= 0.3 is 0 Å². The third-order valence-corrected chi connectivity index (χ3v) is 3.13. The van der Waals surface area contributed by atoms with Crippen LogP contribution in [-0.4, -0.2) is 20.2 Å².